The number of aromatic hydroxyl groups is 1. The normalized spacial score (nSPS) is 13.2. The monoisotopic (exact) mass is 296 g/mol. The molecule has 0 spiro atoms. The van der Waals surface area contributed by atoms with E-state index < -0.39 is 36.4 Å². The summed E-state index contributed by atoms with van der Waals surface area (Å²) in [5, 5.41) is 17.6. The van der Waals surface area contributed by atoms with E-state index in [1.54, 1.807) is 12.1 Å². The van der Waals surface area contributed by atoms with Crippen LogP contribution in [0.25, 0.3) is 0 Å². The van der Waals surface area contributed by atoms with E-state index in [0.29, 0.717) is 5.56 Å². The molecule has 8 heteroatoms. The number of phenols is 1. The number of esters is 2. The van der Waals surface area contributed by atoms with Crippen LogP contribution >= 0.6 is 0 Å². The lowest BCUT2D eigenvalue weighted by Crippen LogP contribution is -2.41. The van der Waals surface area contributed by atoms with E-state index >= 15 is 0 Å². The van der Waals surface area contributed by atoms with Gasteiger partial charge in [0.1, 0.15) is 17.8 Å². The average molecular weight is 296 g/mol. The van der Waals surface area contributed by atoms with Crippen LogP contribution < -0.4 is 11.5 Å². The van der Waals surface area contributed by atoms with Gasteiger partial charge in [0.05, 0.1) is 6.42 Å². The van der Waals surface area contributed by atoms with E-state index in [1.807, 2.05) is 0 Å². The lowest BCUT2D eigenvalue weighted by molar-refractivity contribution is -0.163. The Morgan fingerprint density at radius 2 is 1.57 bits per heavy atom. The molecule has 6 N–H and O–H groups in total. The maximum Gasteiger partial charge on any atom is 0.331 e. The largest absolute Gasteiger partial charge is 0.508 e. The minimum atomic E-state index is -1.42. The lowest BCUT2D eigenvalue weighted by Gasteiger charge is -2.12. The smallest absolute Gasteiger partial charge is 0.331 e. The highest BCUT2D eigenvalue weighted by molar-refractivity contribution is 5.92. The molecule has 0 amide bonds. The number of hydrogen-bond acceptors (Lipinski definition) is 7. The summed E-state index contributed by atoms with van der Waals surface area (Å²) in [6.07, 6.45) is -0.542. The predicted molar refractivity (Wildman–Crippen MR) is 71.1 cm³/mol. The number of aliphatic carboxylic acids is 1. The van der Waals surface area contributed by atoms with Gasteiger partial charge < -0.3 is 26.4 Å². The van der Waals surface area contributed by atoms with Crippen LogP contribution in [0.2, 0.25) is 0 Å². The first-order valence-corrected chi connectivity index (χ1v) is 6.06. The topological polar surface area (TPSA) is 153 Å². The summed E-state index contributed by atoms with van der Waals surface area (Å²) < 4.78 is 4.43. The Balaban J connectivity index is 2.52. The van der Waals surface area contributed by atoms with Gasteiger partial charge in [-0.3, -0.25) is 4.79 Å². The highest BCUT2D eigenvalue weighted by Gasteiger charge is 2.24. The van der Waals surface area contributed by atoms with Gasteiger partial charge >= 0.3 is 17.9 Å². The van der Waals surface area contributed by atoms with Crippen LogP contribution in [0.4, 0.5) is 0 Å². The summed E-state index contributed by atoms with van der Waals surface area (Å²) in [6.45, 7) is 0. The number of hydrogen-bond donors (Lipinski definition) is 4. The molecule has 21 heavy (non-hydrogen) atoms. The summed E-state index contributed by atoms with van der Waals surface area (Å²) in [5.74, 6) is -3.33. The molecule has 8 nitrogen and oxygen atoms in total. The summed E-state index contributed by atoms with van der Waals surface area (Å²) >= 11 is 0. The molecule has 0 saturated carbocycles. The predicted octanol–water partition coefficient (Wildman–Crippen LogP) is -0.866. The van der Waals surface area contributed by atoms with E-state index in [4.69, 9.17) is 21.7 Å². The summed E-state index contributed by atoms with van der Waals surface area (Å²) in [5.41, 5.74) is 11.5. The maximum absolute atomic E-state index is 11.6. The van der Waals surface area contributed by atoms with E-state index in [2.05, 4.69) is 4.74 Å². The average Bonchev–Trinajstić information content (AvgIpc) is 2.40. The number of carboxylic acids is 1. The Bertz CT molecular complexity index is 528. The molecule has 1 rings (SSSR count). The molecule has 0 aliphatic heterocycles. The van der Waals surface area contributed by atoms with Crippen molar-refractivity contribution in [3.63, 3.8) is 0 Å². The van der Waals surface area contributed by atoms with Gasteiger partial charge in [0, 0.05) is 0 Å². The summed E-state index contributed by atoms with van der Waals surface area (Å²) in [4.78, 5) is 33.3. The number of carboxylic acid groups (broad SMARTS) is 1. The zero-order valence-corrected chi connectivity index (χ0v) is 11.1. The van der Waals surface area contributed by atoms with Crippen molar-refractivity contribution in [3.8, 4) is 5.75 Å². The fraction of sp³-hybridized carbons (Fsp3) is 0.308. The van der Waals surface area contributed by atoms with Crippen molar-refractivity contribution in [2.24, 2.45) is 11.5 Å². The number of nitrogens with two attached hydrogens (primary N) is 2. The Kier molecular flexibility index (Phi) is 5.82. The van der Waals surface area contributed by atoms with Crippen LogP contribution in [0.15, 0.2) is 24.3 Å². The summed E-state index contributed by atoms with van der Waals surface area (Å²) in [6, 6.07) is 3.48. The van der Waals surface area contributed by atoms with Gasteiger partial charge in [-0.05, 0) is 24.1 Å². The molecule has 0 aromatic heterocycles. The van der Waals surface area contributed by atoms with E-state index in [1.165, 1.54) is 12.1 Å². The minimum absolute atomic E-state index is 0.0738. The molecule has 0 unspecified atom stereocenters. The van der Waals surface area contributed by atoms with Gasteiger partial charge in [-0.25, -0.2) is 9.59 Å². The first kappa shape index (κ1) is 16.6. The highest BCUT2D eigenvalue weighted by Crippen LogP contribution is 2.11. The van der Waals surface area contributed by atoms with E-state index in [-0.39, 0.29) is 12.2 Å². The van der Waals surface area contributed by atoms with Crippen LogP contribution in [-0.2, 0) is 25.5 Å². The lowest BCUT2D eigenvalue weighted by atomic mass is 10.1. The van der Waals surface area contributed by atoms with Gasteiger partial charge in [0.15, 0.2) is 0 Å². The number of benzene rings is 1. The Hall–Kier alpha value is -2.45. The first-order valence-electron chi connectivity index (χ1n) is 6.06. The van der Waals surface area contributed by atoms with E-state index in [9.17, 15) is 14.4 Å². The standard InChI is InChI=1S/C13H16N2O6/c14-9(5-7-1-3-8(16)4-2-7)12(19)21-13(20)10(15)6-11(17)18/h1-4,9-10,16H,5-6,14-15H2,(H,17,18)/t9-,10-/m0/s1. The van der Waals surface area contributed by atoms with Crippen LogP contribution in [0.5, 0.6) is 5.75 Å². The first-order chi connectivity index (χ1) is 9.79. The maximum atomic E-state index is 11.6. The Morgan fingerprint density at radius 1 is 1.05 bits per heavy atom. The zero-order chi connectivity index (χ0) is 16.0. The molecule has 0 fully saturated rings. The SMILES string of the molecule is N[C@@H](CC(=O)O)C(=O)OC(=O)[C@@H](N)Cc1ccc(O)cc1. The molecular weight excluding hydrogens is 280 g/mol. The quantitative estimate of drug-likeness (QED) is 0.390. The van der Waals surface area contributed by atoms with Crippen LogP contribution in [0, 0.1) is 0 Å². The fourth-order valence-corrected chi connectivity index (χ4v) is 1.49. The molecule has 0 aliphatic rings. The van der Waals surface area contributed by atoms with Gasteiger partial charge in [-0.15, -0.1) is 0 Å². The van der Waals surface area contributed by atoms with Crippen molar-refractivity contribution in [2.75, 3.05) is 0 Å². The number of rotatable bonds is 6. The molecule has 1 aromatic carbocycles. The van der Waals surface area contributed by atoms with Crippen molar-refractivity contribution < 1.29 is 29.3 Å². The second kappa shape index (κ2) is 7.36. The van der Waals surface area contributed by atoms with Crippen molar-refractivity contribution in [2.45, 2.75) is 24.9 Å². The molecular formula is C13H16N2O6. The molecule has 0 radical (unpaired) electrons. The van der Waals surface area contributed by atoms with Crippen molar-refractivity contribution in [1.29, 1.82) is 0 Å². The molecule has 0 aliphatic carbocycles. The molecule has 0 bridgehead atoms. The molecule has 0 saturated heterocycles. The van der Waals surface area contributed by atoms with Gasteiger partial charge in [0.2, 0.25) is 0 Å². The molecule has 1 aromatic rings. The van der Waals surface area contributed by atoms with Crippen molar-refractivity contribution in [3.05, 3.63) is 29.8 Å². The summed E-state index contributed by atoms with van der Waals surface area (Å²) in [7, 11) is 0. The Labute approximate surface area is 120 Å². The number of phenolic OH excluding ortho intramolecular Hbond substituents is 1. The number of ether oxygens (including phenoxy) is 1. The van der Waals surface area contributed by atoms with Gasteiger partial charge in [-0.2, -0.15) is 0 Å². The van der Waals surface area contributed by atoms with Crippen LogP contribution in [0.1, 0.15) is 12.0 Å². The second-order valence-corrected chi connectivity index (χ2v) is 4.42. The minimum Gasteiger partial charge on any atom is -0.508 e. The van der Waals surface area contributed by atoms with Crippen LogP contribution in [0.3, 0.4) is 0 Å². The third-order valence-electron chi connectivity index (χ3n) is 2.59. The van der Waals surface area contributed by atoms with Crippen molar-refractivity contribution in [1.82, 2.24) is 0 Å². The van der Waals surface area contributed by atoms with Gasteiger partial charge in [-0.1, -0.05) is 12.1 Å². The van der Waals surface area contributed by atoms with Crippen LogP contribution in [-0.4, -0.2) is 40.2 Å². The van der Waals surface area contributed by atoms with Gasteiger partial charge in [0.25, 0.3) is 0 Å². The Morgan fingerprint density at radius 3 is 2.10 bits per heavy atom. The number of carbonyl (C=O) groups is 3. The number of carbonyl (C=O) groups excluding carboxylic acids is 2. The van der Waals surface area contributed by atoms with Crippen molar-refractivity contribution >= 4 is 17.9 Å². The zero-order valence-electron chi connectivity index (χ0n) is 11.1. The second-order valence-electron chi connectivity index (χ2n) is 4.42. The third kappa shape index (κ3) is 5.59. The third-order valence-corrected chi connectivity index (χ3v) is 2.59. The fourth-order valence-electron chi connectivity index (χ4n) is 1.49. The van der Waals surface area contributed by atoms with E-state index in [0.717, 1.165) is 0 Å². The highest BCUT2D eigenvalue weighted by atomic mass is 16.6. The molecule has 0 heterocycles. The molecule has 114 valence electrons. The molecule has 2 atom stereocenters.